The Bertz CT molecular complexity index is 1390. The van der Waals surface area contributed by atoms with Crippen LogP contribution in [0.5, 0.6) is 0 Å². The van der Waals surface area contributed by atoms with Crippen LogP contribution in [0, 0.1) is 0 Å². The lowest BCUT2D eigenvalue weighted by Crippen LogP contribution is -2.54. The predicted octanol–water partition coefficient (Wildman–Crippen LogP) is 4.10. The molecule has 3 N–H and O–H groups in total. The van der Waals surface area contributed by atoms with Crippen LogP contribution in [0.3, 0.4) is 0 Å². The molecule has 1 unspecified atom stereocenters. The van der Waals surface area contributed by atoms with Crippen molar-refractivity contribution in [3.8, 4) is 0 Å². The SMILES string of the molecule is CC(C)(C)OC(=O)C[C@H](NC(=O)C1Cc2ccccc2CN1Cc1ccc(C(=O)O)o1)C(=O)OC(C)(C)C.O=C(O)C(F)(F)F. The van der Waals surface area contributed by atoms with E-state index in [1.807, 2.05) is 29.2 Å². The summed E-state index contributed by atoms with van der Waals surface area (Å²) in [5.41, 5.74) is 0.418. The molecule has 0 radical (unpaired) electrons. The number of ether oxygens (including phenoxy) is 2. The number of carbonyl (C=O) groups excluding carboxylic acids is 3. The second kappa shape index (κ2) is 14.6. The summed E-state index contributed by atoms with van der Waals surface area (Å²) in [7, 11) is 0. The summed E-state index contributed by atoms with van der Waals surface area (Å²) < 4.78 is 48.0. The Morgan fingerprint density at radius 3 is 1.98 bits per heavy atom. The van der Waals surface area contributed by atoms with E-state index in [9.17, 15) is 37.5 Å². The van der Waals surface area contributed by atoms with Gasteiger partial charge in [-0.05, 0) is 71.2 Å². The maximum absolute atomic E-state index is 13.6. The van der Waals surface area contributed by atoms with E-state index in [2.05, 4.69) is 5.32 Å². The fourth-order valence-electron chi connectivity index (χ4n) is 4.16. The Labute approximate surface area is 257 Å². The minimum Gasteiger partial charge on any atom is -0.475 e. The summed E-state index contributed by atoms with van der Waals surface area (Å²) in [6.07, 6.45) is -5.12. The van der Waals surface area contributed by atoms with Crippen molar-refractivity contribution in [1.29, 1.82) is 0 Å². The van der Waals surface area contributed by atoms with Gasteiger partial charge in [-0.15, -0.1) is 0 Å². The molecule has 0 spiro atoms. The number of fused-ring (bicyclic) bond motifs is 1. The molecule has 3 rings (SSSR count). The molecule has 2 atom stereocenters. The summed E-state index contributed by atoms with van der Waals surface area (Å²) in [6, 6.07) is 8.66. The molecule has 1 aliphatic heterocycles. The van der Waals surface area contributed by atoms with Crippen molar-refractivity contribution < 1.29 is 61.2 Å². The first-order valence-electron chi connectivity index (χ1n) is 13.7. The zero-order valence-electron chi connectivity index (χ0n) is 25.7. The topological polar surface area (TPSA) is 173 Å². The van der Waals surface area contributed by atoms with Gasteiger partial charge in [-0.1, -0.05) is 24.3 Å². The number of nitrogens with one attached hydrogen (secondary N) is 1. The number of aliphatic carboxylic acids is 1. The smallest absolute Gasteiger partial charge is 0.475 e. The molecule has 0 aliphatic carbocycles. The second-order valence-electron chi connectivity index (χ2n) is 12.2. The van der Waals surface area contributed by atoms with Gasteiger partial charge in [-0.25, -0.2) is 14.4 Å². The lowest BCUT2D eigenvalue weighted by atomic mass is 9.93. The van der Waals surface area contributed by atoms with E-state index in [4.69, 9.17) is 23.8 Å². The van der Waals surface area contributed by atoms with E-state index in [0.717, 1.165) is 11.1 Å². The van der Waals surface area contributed by atoms with Crippen LogP contribution < -0.4 is 5.32 Å². The zero-order valence-corrected chi connectivity index (χ0v) is 25.7. The molecule has 1 amide bonds. The number of alkyl halides is 3. The number of esters is 2. The first kappa shape index (κ1) is 36.8. The quantitative estimate of drug-likeness (QED) is 0.354. The number of hydrogen-bond donors (Lipinski definition) is 3. The normalized spacial score (nSPS) is 15.9. The Balaban J connectivity index is 0.000000900. The van der Waals surface area contributed by atoms with Crippen LogP contribution in [0.1, 0.15) is 75.4 Å². The van der Waals surface area contributed by atoms with Crippen molar-refractivity contribution >= 4 is 29.8 Å². The van der Waals surface area contributed by atoms with Crippen molar-refractivity contribution in [2.75, 3.05) is 0 Å². The third-order valence-electron chi connectivity index (χ3n) is 5.92. The van der Waals surface area contributed by atoms with Crippen LogP contribution in [-0.4, -0.2) is 74.4 Å². The molecule has 0 saturated heterocycles. The van der Waals surface area contributed by atoms with Crippen LogP contribution >= 0.6 is 0 Å². The zero-order chi connectivity index (χ0) is 34.3. The molecule has 1 aromatic heterocycles. The molecular formula is C30H37F3N2O10. The number of rotatable bonds is 8. The van der Waals surface area contributed by atoms with E-state index in [-0.39, 0.29) is 18.7 Å². The van der Waals surface area contributed by atoms with Crippen molar-refractivity contribution in [3.63, 3.8) is 0 Å². The molecule has 2 aromatic rings. The highest BCUT2D eigenvalue weighted by atomic mass is 19.4. The third kappa shape index (κ3) is 12.3. The first-order valence-corrected chi connectivity index (χ1v) is 13.7. The van der Waals surface area contributed by atoms with Gasteiger partial charge in [0.25, 0.3) is 0 Å². The number of amides is 1. The van der Waals surface area contributed by atoms with Crippen molar-refractivity contribution in [2.45, 2.75) is 96.9 Å². The second-order valence-corrected chi connectivity index (χ2v) is 12.2. The number of carboxylic acid groups (broad SMARTS) is 2. The van der Waals surface area contributed by atoms with Crippen LogP contribution in [-0.2, 0) is 48.2 Å². The van der Waals surface area contributed by atoms with Gasteiger partial charge in [0.1, 0.15) is 23.0 Å². The van der Waals surface area contributed by atoms with E-state index >= 15 is 0 Å². The molecule has 45 heavy (non-hydrogen) atoms. The van der Waals surface area contributed by atoms with Gasteiger partial charge in [0.05, 0.1) is 19.0 Å². The summed E-state index contributed by atoms with van der Waals surface area (Å²) in [5.74, 6) is -5.60. The van der Waals surface area contributed by atoms with Crippen molar-refractivity contribution in [2.24, 2.45) is 0 Å². The molecule has 12 nitrogen and oxygen atoms in total. The average molecular weight is 643 g/mol. The molecule has 0 bridgehead atoms. The Morgan fingerprint density at radius 2 is 1.49 bits per heavy atom. The van der Waals surface area contributed by atoms with Crippen LogP contribution in [0.4, 0.5) is 13.2 Å². The molecule has 1 aliphatic rings. The fraction of sp³-hybridized carbons (Fsp3) is 0.500. The summed E-state index contributed by atoms with van der Waals surface area (Å²) in [4.78, 5) is 61.2. The number of carbonyl (C=O) groups is 5. The molecular weight excluding hydrogens is 605 g/mol. The molecule has 0 fully saturated rings. The number of halogens is 3. The van der Waals surface area contributed by atoms with Crippen LogP contribution in [0.25, 0.3) is 0 Å². The Hall–Kier alpha value is -4.40. The highest BCUT2D eigenvalue weighted by molar-refractivity contribution is 5.90. The molecule has 2 heterocycles. The largest absolute Gasteiger partial charge is 0.490 e. The number of furan rings is 1. The lowest BCUT2D eigenvalue weighted by molar-refractivity contribution is -0.192. The van der Waals surface area contributed by atoms with Crippen LogP contribution in [0.2, 0.25) is 0 Å². The number of aromatic carboxylic acids is 1. The highest BCUT2D eigenvalue weighted by Crippen LogP contribution is 2.26. The predicted molar refractivity (Wildman–Crippen MR) is 151 cm³/mol. The molecule has 0 saturated carbocycles. The fourth-order valence-corrected chi connectivity index (χ4v) is 4.16. The molecule has 1 aromatic carbocycles. The third-order valence-corrected chi connectivity index (χ3v) is 5.92. The number of carboxylic acids is 2. The minimum atomic E-state index is -5.08. The minimum absolute atomic E-state index is 0.170. The maximum atomic E-state index is 13.6. The van der Waals surface area contributed by atoms with Gasteiger partial charge >= 0.3 is 30.1 Å². The molecule has 248 valence electrons. The van der Waals surface area contributed by atoms with Crippen molar-refractivity contribution in [1.82, 2.24) is 10.2 Å². The number of benzene rings is 1. The van der Waals surface area contributed by atoms with E-state index in [0.29, 0.717) is 18.7 Å². The standard InChI is InChI=1S/C28H36N2O8.C2HF3O2/c1-27(2,3)37-23(31)14-20(26(35)38-28(4,5)6)29-24(32)21-13-17-9-7-8-10-18(17)15-30(21)16-19-11-12-22(36-19)25(33)34;3-2(4,5)1(6)7/h7-12,20-21H,13-16H2,1-6H3,(H,29,32)(H,33,34);(H,6,7)/t20-,21?;/m0./s1. The Morgan fingerprint density at radius 1 is 0.933 bits per heavy atom. The Kier molecular flexibility index (Phi) is 11.9. The van der Waals surface area contributed by atoms with E-state index in [1.165, 1.54) is 6.07 Å². The van der Waals surface area contributed by atoms with Gasteiger partial charge < -0.3 is 29.4 Å². The van der Waals surface area contributed by atoms with Gasteiger partial charge in [0.15, 0.2) is 0 Å². The van der Waals surface area contributed by atoms with E-state index in [1.54, 1.807) is 47.6 Å². The highest BCUT2D eigenvalue weighted by Gasteiger charge is 2.38. The van der Waals surface area contributed by atoms with Crippen LogP contribution in [0.15, 0.2) is 40.8 Å². The summed E-state index contributed by atoms with van der Waals surface area (Å²) in [5, 5.41) is 19.0. The average Bonchev–Trinajstić information content (AvgIpc) is 3.34. The van der Waals surface area contributed by atoms with Gasteiger partial charge in [0, 0.05) is 6.54 Å². The van der Waals surface area contributed by atoms with Gasteiger partial charge in [0.2, 0.25) is 11.7 Å². The monoisotopic (exact) mass is 642 g/mol. The molecule has 15 heteroatoms. The maximum Gasteiger partial charge on any atom is 0.490 e. The van der Waals surface area contributed by atoms with Gasteiger partial charge in [-0.2, -0.15) is 13.2 Å². The lowest BCUT2D eigenvalue weighted by Gasteiger charge is -2.36. The van der Waals surface area contributed by atoms with E-state index < -0.39 is 59.2 Å². The summed E-state index contributed by atoms with van der Waals surface area (Å²) >= 11 is 0. The number of hydrogen-bond acceptors (Lipinski definition) is 9. The van der Waals surface area contributed by atoms with Crippen molar-refractivity contribution in [3.05, 3.63) is 59.0 Å². The first-order chi connectivity index (χ1) is 20.6. The number of nitrogens with zero attached hydrogens (tertiary/aromatic N) is 1. The summed E-state index contributed by atoms with van der Waals surface area (Å²) in [6.45, 7) is 10.8. The van der Waals surface area contributed by atoms with Gasteiger partial charge in [-0.3, -0.25) is 14.5 Å².